The molecule has 1 saturated heterocycles. The lowest BCUT2D eigenvalue weighted by Gasteiger charge is -2.10. The maximum Gasteiger partial charge on any atom is 0.245 e. The van der Waals surface area contributed by atoms with E-state index in [1.165, 1.54) is 0 Å². The quantitative estimate of drug-likeness (QED) is 0.577. The van der Waals surface area contributed by atoms with Crippen LogP contribution in [0.15, 0.2) is 0 Å². The van der Waals surface area contributed by atoms with Gasteiger partial charge in [-0.25, -0.2) is 8.78 Å². The van der Waals surface area contributed by atoms with E-state index in [9.17, 15) is 8.78 Å². The van der Waals surface area contributed by atoms with Gasteiger partial charge in [0.25, 0.3) is 0 Å². The fraction of sp³-hybridized carbons (Fsp3) is 1.00. The number of likely N-dealkylation sites (N-methyl/N-ethyl adjacent to an activating group) is 1. The summed E-state index contributed by atoms with van der Waals surface area (Å²) < 4.78 is 24.0. The number of halogens is 2. The Labute approximate surface area is 58.4 Å². The first-order valence-electron chi connectivity index (χ1n) is 3.26. The number of alkyl halides is 2. The summed E-state index contributed by atoms with van der Waals surface area (Å²) in [6, 6.07) is 0. The largest absolute Gasteiger partial charge is 0.391 e. The van der Waals surface area contributed by atoms with Crippen molar-refractivity contribution < 1.29 is 13.9 Å². The molecule has 1 aliphatic heterocycles. The third-order valence-corrected chi connectivity index (χ3v) is 1.84. The average molecular weight is 151 g/mol. The Balaban J connectivity index is 2.46. The maximum atomic E-state index is 12.0. The summed E-state index contributed by atoms with van der Waals surface area (Å²) in [7, 11) is 1.73. The zero-order valence-corrected chi connectivity index (χ0v) is 5.80. The number of hydrogen-bond donors (Lipinski definition) is 1. The first kappa shape index (κ1) is 7.88. The third-order valence-electron chi connectivity index (χ3n) is 1.84. The predicted molar refractivity (Wildman–Crippen MR) is 33.0 cm³/mol. The van der Waals surface area contributed by atoms with Gasteiger partial charge in [-0.15, -0.1) is 0 Å². The van der Waals surface area contributed by atoms with Crippen LogP contribution in [-0.4, -0.2) is 42.7 Å². The van der Waals surface area contributed by atoms with E-state index in [2.05, 4.69) is 0 Å². The molecule has 10 heavy (non-hydrogen) atoms. The summed E-state index contributed by atoms with van der Waals surface area (Å²) >= 11 is 0. The molecule has 0 spiro atoms. The van der Waals surface area contributed by atoms with Crippen molar-refractivity contribution in [2.24, 2.45) is 5.92 Å². The van der Waals surface area contributed by atoms with Gasteiger partial charge in [-0.05, 0) is 7.05 Å². The molecule has 0 bridgehead atoms. The Hall–Kier alpha value is -0.220. The topological polar surface area (TPSA) is 23.5 Å². The van der Waals surface area contributed by atoms with E-state index in [0.717, 1.165) is 0 Å². The van der Waals surface area contributed by atoms with Crippen LogP contribution < -0.4 is 0 Å². The van der Waals surface area contributed by atoms with Crippen LogP contribution in [0.1, 0.15) is 0 Å². The van der Waals surface area contributed by atoms with Crippen LogP contribution in [0.3, 0.4) is 0 Å². The minimum absolute atomic E-state index is 0.304. The van der Waals surface area contributed by atoms with E-state index < -0.39 is 18.4 Å². The predicted octanol–water partition coefficient (Wildman–Crippen LogP) is 0.174. The molecule has 0 saturated carbocycles. The molecule has 0 aromatic rings. The lowest BCUT2D eigenvalue weighted by atomic mass is 10.1. The van der Waals surface area contributed by atoms with Crippen molar-refractivity contribution in [3.05, 3.63) is 0 Å². The Morgan fingerprint density at radius 1 is 1.50 bits per heavy atom. The van der Waals surface area contributed by atoms with Gasteiger partial charge in [0.1, 0.15) is 0 Å². The van der Waals surface area contributed by atoms with Crippen LogP contribution in [0, 0.1) is 5.92 Å². The number of nitrogens with zero attached hydrogens (tertiary/aromatic N) is 1. The normalized spacial score (nSPS) is 35.7. The van der Waals surface area contributed by atoms with Crippen LogP contribution in [0.5, 0.6) is 0 Å². The molecule has 4 heteroatoms. The zero-order valence-electron chi connectivity index (χ0n) is 5.80. The minimum atomic E-state index is -2.39. The van der Waals surface area contributed by atoms with E-state index in [1.807, 2.05) is 0 Å². The summed E-state index contributed by atoms with van der Waals surface area (Å²) in [4.78, 5) is 1.71. The lowest BCUT2D eigenvalue weighted by Crippen LogP contribution is -2.24. The first-order valence-corrected chi connectivity index (χ1v) is 3.26. The summed E-state index contributed by atoms with van der Waals surface area (Å²) in [5.41, 5.74) is 0. The van der Waals surface area contributed by atoms with E-state index in [0.29, 0.717) is 13.1 Å². The van der Waals surface area contributed by atoms with Gasteiger partial charge in [0.15, 0.2) is 0 Å². The highest BCUT2D eigenvalue weighted by Gasteiger charge is 2.35. The highest BCUT2D eigenvalue weighted by Crippen LogP contribution is 2.21. The molecule has 2 nitrogen and oxygen atoms in total. The van der Waals surface area contributed by atoms with Crippen LogP contribution in [0.25, 0.3) is 0 Å². The smallest absolute Gasteiger partial charge is 0.245 e. The number of likely N-dealkylation sites (tertiary alicyclic amines) is 1. The molecule has 0 radical (unpaired) electrons. The Kier molecular flexibility index (Phi) is 2.21. The molecular formula is C6H11F2NO. The second-order valence-corrected chi connectivity index (χ2v) is 2.79. The fourth-order valence-corrected chi connectivity index (χ4v) is 1.26. The number of hydrogen-bond acceptors (Lipinski definition) is 2. The van der Waals surface area contributed by atoms with Crippen molar-refractivity contribution in [3.8, 4) is 0 Å². The maximum absolute atomic E-state index is 12.0. The molecule has 60 valence electrons. The van der Waals surface area contributed by atoms with Gasteiger partial charge in [-0.1, -0.05) is 0 Å². The highest BCUT2D eigenvalue weighted by molar-refractivity contribution is 4.82. The zero-order chi connectivity index (χ0) is 7.72. The highest BCUT2D eigenvalue weighted by atomic mass is 19.3. The first-order chi connectivity index (χ1) is 4.61. The van der Waals surface area contributed by atoms with Gasteiger partial charge in [0.2, 0.25) is 6.43 Å². The molecule has 0 aromatic heterocycles. The molecule has 0 aliphatic carbocycles. The van der Waals surface area contributed by atoms with Crippen molar-refractivity contribution in [1.82, 2.24) is 4.90 Å². The summed E-state index contributed by atoms with van der Waals surface area (Å²) in [6.07, 6.45) is -3.23. The van der Waals surface area contributed by atoms with Gasteiger partial charge < -0.3 is 10.0 Å². The molecule has 1 fully saturated rings. The van der Waals surface area contributed by atoms with Crippen molar-refractivity contribution in [2.75, 3.05) is 20.1 Å². The van der Waals surface area contributed by atoms with Crippen LogP contribution in [-0.2, 0) is 0 Å². The van der Waals surface area contributed by atoms with Gasteiger partial charge >= 0.3 is 0 Å². The van der Waals surface area contributed by atoms with Gasteiger partial charge in [-0.3, -0.25) is 0 Å². The molecule has 0 aromatic carbocycles. The summed E-state index contributed by atoms with van der Waals surface area (Å²) in [6.45, 7) is 0.674. The number of aliphatic hydroxyl groups excluding tert-OH is 1. The molecule has 1 rings (SSSR count). The van der Waals surface area contributed by atoms with E-state index >= 15 is 0 Å². The molecule has 1 aliphatic rings. The average Bonchev–Trinajstić information content (AvgIpc) is 2.10. The van der Waals surface area contributed by atoms with Crippen molar-refractivity contribution in [2.45, 2.75) is 12.5 Å². The molecular weight excluding hydrogens is 140 g/mol. The second kappa shape index (κ2) is 2.80. The molecule has 0 unspecified atom stereocenters. The van der Waals surface area contributed by atoms with E-state index in [1.54, 1.807) is 11.9 Å². The molecule has 2 atom stereocenters. The van der Waals surface area contributed by atoms with Gasteiger partial charge in [0.05, 0.1) is 12.0 Å². The molecule has 0 amide bonds. The Morgan fingerprint density at radius 3 is 2.30 bits per heavy atom. The second-order valence-electron chi connectivity index (χ2n) is 2.79. The number of rotatable bonds is 1. The Morgan fingerprint density at radius 2 is 2.10 bits per heavy atom. The van der Waals surface area contributed by atoms with Crippen molar-refractivity contribution >= 4 is 0 Å². The molecule has 1 N–H and O–H groups in total. The summed E-state index contributed by atoms with van der Waals surface area (Å²) in [5.74, 6) is -0.843. The van der Waals surface area contributed by atoms with Gasteiger partial charge in [-0.2, -0.15) is 0 Å². The van der Waals surface area contributed by atoms with Crippen molar-refractivity contribution in [1.29, 1.82) is 0 Å². The third kappa shape index (κ3) is 1.44. The lowest BCUT2D eigenvalue weighted by molar-refractivity contribution is 0.0202. The van der Waals surface area contributed by atoms with Crippen LogP contribution in [0.2, 0.25) is 0 Å². The van der Waals surface area contributed by atoms with E-state index in [4.69, 9.17) is 5.11 Å². The number of β-amino-alcohol motifs (C(OH)–C–C–N with tert-alkyl or cyclic N) is 1. The van der Waals surface area contributed by atoms with Crippen molar-refractivity contribution in [3.63, 3.8) is 0 Å². The van der Waals surface area contributed by atoms with E-state index in [-0.39, 0.29) is 0 Å². The monoisotopic (exact) mass is 151 g/mol. The Bertz CT molecular complexity index is 120. The SMILES string of the molecule is CN1C[C@H](C(F)F)[C@@H](O)C1. The van der Waals surface area contributed by atoms with Crippen LogP contribution >= 0.6 is 0 Å². The summed E-state index contributed by atoms with van der Waals surface area (Å²) in [5, 5.41) is 9.01. The number of aliphatic hydroxyl groups is 1. The van der Waals surface area contributed by atoms with Crippen LogP contribution in [0.4, 0.5) is 8.78 Å². The fourth-order valence-electron chi connectivity index (χ4n) is 1.26. The molecule has 1 heterocycles. The van der Waals surface area contributed by atoms with Gasteiger partial charge in [0, 0.05) is 13.1 Å². The standard InChI is InChI=1S/C6H11F2NO/c1-9-2-4(6(7)8)5(10)3-9/h4-6,10H,2-3H2,1H3/t4-,5-/m0/s1. The minimum Gasteiger partial charge on any atom is -0.391 e.